The van der Waals surface area contributed by atoms with Gasteiger partial charge in [-0.3, -0.25) is 4.79 Å². The standard InChI is InChI=1S/C16H20O4/c1-15(2)19-12-16(11-17,20-15)14(18)10-6-9-13-7-4-3-5-8-13/h3-9,11,14,18H,10,12H2,1-2H3/b9-6+/t14-,16+/m1/s1. The molecule has 0 amide bonds. The lowest BCUT2D eigenvalue weighted by Gasteiger charge is -2.27. The minimum absolute atomic E-state index is 0.0733. The minimum atomic E-state index is -1.27. The maximum Gasteiger partial charge on any atom is 0.176 e. The second kappa shape index (κ2) is 5.87. The first-order valence-corrected chi connectivity index (χ1v) is 6.68. The van der Waals surface area contributed by atoms with Crippen LogP contribution < -0.4 is 0 Å². The van der Waals surface area contributed by atoms with Crippen molar-refractivity contribution < 1.29 is 19.4 Å². The molecule has 0 bridgehead atoms. The molecule has 0 aliphatic carbocycles. The predicted octanol–water partition coefficient (Wildman–Crippen LogP) is 2.17. The van der Waals surface area contributed by atoms with Crippen LogP contribution >= 0.6 is 0 Å². The Labute approximate surface area is 119 Å². The summed E-state index contributed by atoms with van der Waals surface area (Å²) in [5.74, 6) is -0.842. The summed E-state index contributed by atoms with van der Waals surface area (Å²) >= 11 is 0. The third-order valence-electron chi connectivity index (χ3n) is 3.31. The molecule has 4 heteroatoms. The quantitative estimate of drug-likeness (QED) is 0.837. The number of ether oxygens (including phenoxy) is 2. The highest BCUT2D eigenvalue weighted by atomic mass is 16.8. The van der Waals surface area contributed by atoms with E-state index in [0.29, 0.717) is 12.7 Å². The summed E-state index contributed by atoms with van der Waals surface area (Å²) in [6, 6.07) is 9.77. The number of benzene rings is 1. The van der Waals surface area contributed by atoms with Gasteiger partial charge in [-0.15, -0.1) is 0 Å². The van der Waals surface area contributed by atoms with E-state index in [1.54, 1.807) is 13.8 Å². The van der Waals surface area contributed by atoms with Gasteiger partial charge in [0.1, 0.15) is 0 Å². The first-order chi connectivity index (χ1) is 9.47. The number of carbonyl (C=O) groups is 1. The maximum absolute atomic E-state index is 11.3. The summed E-state index contributed by atoms with van der Waals surface area (Å²) in [7, 11) is 0. The van der Waals surface area contributed by atoms with E-state index >= 15 is 0 Å². The highest BCUT2D eigenvalue weighted by molar-refractivity contribution is 5.65. The van der Waals surface area contributed by atoms with Gasteiger partial charge < -0.3 is 14.6 Å². The lowest BCUT2D eigenvalue weighted by Crippen LogP contribution is -2.47. The molecule has 4 nitrogen and oxygen atoms in total. The Morgan fingerprint density at radius 2 is 2.05 bits per heavy atom. The van der Waals surface area contributed by atoms with Crippen LogP contribution in [0.25, 0.3) is 6.08 Å². The Morgan fingerprint density at radius 3 is 2.60 bits per heavy atom. The van der Waals surface area contributed by atoms with Crippen molar-refractivity contribution in [1.82, 2.24) is 0 Å². The maximum atomic E-state index is 11.3. The zero-order chi connectivity index (χ0) is 14.6. The summed E-state index contributed by atoms with van der Waals surface area (Å²) in [6.45, 7) is 3.53. The molecule has 1 aromatic carbocycles. The summed E-state index contributed by atoms with van der Waals surface area (Å²) in [5.41, 5.74) is -0.228. The van der Waals surface area contributed by atoms with E-state index in [2.05, 4.69) is 0 Å². The van der Waals surface area contributed by atoms with Crippen molar-refractivity contribution in [1.29, 1.82) is 0 Å². The molecule has 0 aromatic heterocycles. The van der Waals surface area contributed by atoms with Crippen LogP contribution in [0.1, 0.15) is 25.8 Å². The van der Waals surface area contributed by atoms with Crippen LogP contribution in [-0.2, 0) is 14.3 Å². The smallest absolute Gasteiger partial charge is 0.176 e. The van der Waals surface area contributed by atoms with Crippen molar-refractivity contribution in [2.45, 2.75) is 37.8 Å². The van der Waals surface area contributed by atoms with Gasteiger partial charge in [-0.2, -0.15) is 0 Å². The van der Waals surface area contributed by atoms with Crippen LogP contribution in [0.4, 0.5) is 0 Å². The number of aliphatic hydroxyl groups is 1. The molecular weight excluding hydrogens is 256 g/mol. The molecule has 108 valence electrons. The molecule has 1 aromatic rings. The average molecular weight is 276 g/mol. The van der Waals surface area contributed by atoms with Gasteiger partial charge in [0.2, 0.25) is 0 Å². The molecule has 1 heterocycles. The van der Waals surface area contributed by atoms with Crippen molar-refractivity contribution in [3.63, 3.8) is 0 Å². The fourth-order valence-electron chi connectivity index (χ4n) is 2.20. The molecule has 2 atom stereocenters. The van der Waals surface area contributed by atoms with E-state index in [1.807, 2.05) is 42.5 Å². The number of rotatable bonds is 5. The zero-order valence-electron chi connectivity index (χ0n) is 11.8. The Hall–Kier alpha value is -1.49. The van der Waals surface area contributed by atoms with Gasteiger partial charge in [-0.25, -0.2) is 0 Å². The van der Waals surface area contributed by atoms with E-state index in [9.17, 15) is 9.90 Å². The van der Waals surface area contributed by atoms with Crippen LogP contribution in [-0.4, -0.2) is 35.5 Å². The van der Waals surface area contributed by atoms with Gasteiger partial charge in [0.15, 0.2) is 17.7 Å². The number of aliphatic hydroxyl groups excluding tert-OH is 1. The average Bonchev–Trinajstić information content (AvgIpc) is 2.77. The molecule has 1 aliphatic heterocycles. The van der Waals surface area contributed by atoms with Gasteiger partial charge >= 0.3 is 0 Å². The molecule has 2 rings (SSSR count). The first kappa shape index (κ1) is 14.9. The normalized spacial score (nSPS) is 26.8. The SMILES string of the molecule is CC1(C)OC[C@@](C=O)([C@H](O)C/C=C/c2ccccc2)O1. The van der Waals surface area contributed by atoms with Crippen molar-refractivity contribution in [3.05, 3.63) is 42.0 Å². The fourth-order valence-corrected chi connectivity index (χ4v) is 2.20. The van der Waals surface area contributed by atoms with Crippen molar-refractivity contribution in [2.24, 2.45) is 0 Å². The van der Waals surface area contributed by atoms with Crippen LogP contribution in [0, 0.1) is 0 Å². The third kappa shape index (κ3) is 3.33. The van der Waals surface area contributed by atoms with Crippen molar-refractivity contribution in [2.75, 3.05) is 6.61 Å². The Bertz CT molecular complexity index is 481. The largest absolute Gasteiger partial charge is 0.389 e. The van der Waals surface area contributed by atoms with Crippen LogP contribution in [0.5, 0.6) is 0 Å². The third-order valence-corrected chi connectivity index (χ3v) is 3.31. The number of carbonyl (C=O) groups excluding carboxylic acids is 1. The summed E-state index contributed by atoms with van der Waals surface area (Å²) in [5, 5.41) is 10.2. The molecule has 1 aliphatic rings. The van der Waals surface area contributed by atoms with Crippen LogP contribution in [0.3, 0.4) is 0 Å². The van der Waals surface area contributed by atoms with Crippen molar-refractivity contribution >= 4 is 12.4 Å². The molecule has 1 N–H and O–H groups in total. The lowest BCUT2D eigenvalue weighted by atomic mass is 9.96. The number of aldehydes is 1. The van der Waals surface area contributed by atoms with Crippen LogP contribution in [0.15, 0.2) is 36.4 Å². The number of hydrogen-bond donors (Lipinski definition) is 1. The van der Waals surface area contributed by atoms with Gasteiger partial charge in [0.05, 0.1) is 12.7 Å². The van der Waals surface area contributed by atoms with Gasteiger partial charge in [0.25, 0.3) is 0 Å². The molecule has 1 fully saturated rings. The summed E-state index contributed by atoms with van der Waals surface area (Å²) in [4.78, 5) is 11.3. The second-order valence-electron chi connectivity index (χ2n) is 5.43. The van der Waals surface area contributed by atoms with E-state index < -0.39 is 17.5 Å². The second-order valence-corrected chi connectivity index (χ2v) is 5.43. The topological polar surface area (TPSA) is 55.8 Å². The monoisotopic (exact) mass is 276 g/mol. The molecule has 20 heavy (non-hydrogen) atoms. The van der Waals surface area contributed by atoms with Gasteiger partial charge in [-0.05, 0) is 25.8 Å². The summed E-state index contributed by atoms with van der Waals surface area (Å²) < 4.78 is 11.0. The van der Waals surface area contributed by atoms with E-state index in [4.69, 9.17) is 9.47 Å². The van der Waals surface area contributed by atoms with E-state index in [1.165, 1.54) is 0 Å². The summed E-state index contributed by atoms with van der Waals surface area (Å²) in [6.07, 6.45) is 3.78. The van der Waals surface area contributed by atoms with Gasteiger partial charge in [0, 0.05) is 0 Å². The molecule has 0 unspecified atom stereocenters. The Balaban J connectivity index is 1.99. The first-order valence-electron chi connectivity index (χ1n) is 6.68. The van der Waals surface area contributed by atoms with Gasteiger partial charge in [-0.1, -0.05) is 42.5 Å². The molecular formula is C16H20O4. The predicted molar refractivity (Wildman–Crippen MR) is 76.0 cm³/mol. The molecule has 0 saturated carbocycles. The Morgan fingerprint density at radius 1 is 1.35 bits per heavy atom. The van der Waals surface area contributed by atoms with E-state index in [-0.39, 0.29) is 6.61 Å². The molecule has 0 radical (unpaired) electrons. The Kier molecular flexibility index (Phi) is 4.38. The lowest BCUT2D eigenvalue weighted by molar-refractivity contribution is -0.182. The fraction of sp³-hybridized carbons (Fsp3) is 0.438. The van der Waals surface area contributed by atoms with E-state index in [0.717, 1.165) is 5.56 Å². The highest BCUT2D eigenvalue weighted by Crippen LogP contribution is 2.33. The zero-order valence-corrected chi connectivity index (χ0v) is 11.8. The molecule has 1 saturated heterocycles. The molecule has 0 spiro atoms. The van der Waals surface area contributed by atoms with Crippen molar-refractivity contribution in [3.8, 4) is 0 Å². The highest BCUT2D eigenvalue weighted by Gasteiger charge is 2.50. The number of hydrogen-bond acceptors (Lipinski definition) is 4. The van der Waals surface area contributed by atoms with Crippen LogP contribution in [0.2, 0.25) is 0 Å². The minimum Gasteiger partial charge on any atom is -0.389 e.